The third-order valence-corrected chi connectivity index (χ3v) is 3.26. The lowest BCUT2D eigenvalue weighted by Gasteiger charge is -2.28. The Morgan fingerprint density at radius 2 is 2.41 bits per heavy atom. The molecule has 0 aromatic carbocycles. The first-order chi connectivity index (χ1) is 8.33. The number of rotatable bonds is 5. The highest BCUT2D eigenvalue weighted by molar-refractivity contribution is 5.92. The van der Waals surface area contributed by atoms with Crippen molar-refractivity contribution in [3.05, 3.63) is 24.0 Å². The molecule has 1 saturated carbocycles. The van der Waals surface area contributed by atoms with Gasteiger partial charge in [0.2, 0.25) is 0 Å². The summed E-state index contributed by atoms with van der Waals surface area (Å²) in [6, 6.07) is 4.35. The lowest BCUT2D eigenvalue weighted by atomic mass is 9.93. The topological polar surface area (TPSA) is 34.0 Å². The Morgan fingerprint density at radius 3 is 3.06 bits per heavy atom. The standard InChI is InChI=1S/C14H18N2O/c1-2-3-4-10-15-14(17)13-9-6-11-16(13)12-7-5-8-12/h1,6,9,11-12H,3-5,7-8,10H2,(H,15,17). The van der Waals surface area contributed by atoms with E-state index in [1.807, 2.05) is 18.3 Å². The monoisotopic (exact) mass is 230 g/mol. The predicted octanol–water partition coefficient (Wildman–Crippen LogP) is 2.36. The van der Waals surface area contributed by atoms with E-state index in [9.17, 15) is 4.79 Å². The van der Waals surface area contributed by atoms with Gasteiger partial charge in [0, 0.05) is 25.2 Å². The van der Waals surface area contributed by atoms with E-state index in [0.29, 0.717) is 19.0 Å². The average molecular weight is 230 g/mol. The van der Waals surface area contributed by atoms with Gasteiger partial charge in [-0.25, -0.2) is 0 Å². The number of nitrogens with one attached hydrogen (secondary N) is 1. The van der Waals surface area contributed by atoms with Crippen LogP contribution in [0, 0.1) is 12.3 Å². The summed E-state index contributed by atoms with van der Waals surface area (Å²) >= 11 is 0. The zero-order valence-electron chi connectivity index (χ0n) is 9.98. The molecular formula is C14H18N2O. The zero-order chi connectivity index (χ0) is 12.1. The molecule has 2 rings (SSSR count). The summed E-state index contributed by atoms with van der Waals surface area (Å²) in [5.41, 5.74) is 0.774. The summed E-state index contributed by atoms with van der Waals surface area (Å²) in [4.78, 5) is 12.0. The summed E-state index contributed by atoms with van der Waals surface area (Å²) in [6.45, 7) is 0.652. The summed E-state index contributed by atoms with van der Waals surface area (Å²) in [5.74, 6) is 2.58. The smallest absolute Gasteiger partial charge is 0.267 e. The first kappa shape index (κ1) is 11.8. The van der Waals surface area contributed by atoms with Crippen molar-refractivity contribution >= 4 is 5.91 Å². The number of hydrogen-bond donors (Lipinski definition) is 1. The van der Waals surface area contributed by atoms with Crippen molar-refractivity contribution in [2.24, 2.45) is 0 Å². The molecule has 1 aromatic heterocycles. The van der Waals surface area contributed by atoms with Gasteiger partial charge >= 0.3 is 0 Å². The van der Waals surface area contributed by atoms with E-state index in [2.05, 4.69) is 15.8 Å². The largest absolute Gasteiger partial charge is 0.351 e. The molecule has 1 heterocycles. The SMILES string of the molecule is C#CCCCNC(=O)c1cccn1C1CCC1. The van der Waals surface area contributed by atoms with Crippen molar-refractivity contribution in [1.82, 2.24) is 9.88 Å². The zero-order valence-corrected chi connectivity index (χ0v) is 9.98. The highest BCUT2D eigenvalue weighted by Crippen LogP contribution is 2.32. The van der Waals surface area contributed by atoms with Crippen LogP contribution in [0.4, 0.5) is 0 Å². The third kappa shape index (κ3) is 2.71. The molecule has 90 valence electrons. The van der Waals surface area contributed by atoms with Gasteiger partial charge in [0.1, 0.15) is 5.69 Å². The third-order valence-electron chi connectivity index (χ3n) is 3.26. The molecule has 0 radical (unpaired) electrons. The number of nitrogens with zero attached hydrogens (tertiary/aromatic N) is 1. The maximum Gasteiger partial charge on any atom is 0.267 e. The van der Waals surface area contributed by atoms with Crippen LogP contribution < -0.4 is 5.32 Å². The molecule has 1 fully saturated rings. The second-order valence-electron chi connectivity index (χ2n) is 4.45. The first-order valence-corrected chi connectivity index (χ1v) is 6.21. The Kier molecular flexibility index (Phi) is 3.87. The Morgan fingerprint density at radius 1 is 1.59 bits per heavy atom. The highest BCUT2D eigenvalue weighted by Gasteiger charge is 2.22. The minimum absolute atomic E-state index is 0.0129. The molecule has 0 unspecified atom stereocenters. The maximum absolute atomic E-state index is 12.0. The van der Waals surface area contributed by atoms with E-state index in [1.165, 1.54) is 19.3 Å². The van der Waals surface area contributed by atoms with E-state index in [0.717, 1.165) is 12.1 Å². The van der Waals surface area contributed by atoms with Crippen molar-refractivity contribution in [2.45, 2.75) is 38.1 Å². The molecule has 0 atom stereocenters. The number of carbonyl (C=O) groups excluding carboxylic acids is 1. The van der Waals surface area contributed by atoms with E-state index >= 15 is 0 Å². The van der Waals surface area contributed by atoms with E-state index in [1.54, 1.807) is 0 Å². The molecule has 0 aliphatic heterocycles. The normalized spacial score (nSPS) is 15.0. The molecule has 0 spiro atoms. The van der Waals surface area contributed by atoms with Gasteiger partial charge < -0.3 is 9.88 Å². The van der Waals surface area contributed by atoms with Crippen LogP contribution in [0.3, 0.4) is 0 Å². The molecule has 1 aliphatic carbocycles. The number of hydrogen-bond acceptors (Lipinski definition) is 1. The van der Waals surface area contributed by atoms with Crippen LogP contribution >= 0.6 is 0 Å². The van der Waals surface area contributed by atoms with Crippen LogP contribution in [0.15, 0.2) is 18.3 Å². The Balaban J connectivity index is 1.90. The summed E-state index contributed by atoms with van der Waals surface area (Å²) in [6.07, 6.45) is 12.4. The molecule has 1 amide bonds. The van der Waals surface area contributed by atoms with E-state index < -0.39 is 0 Å². The molecule has 1 N–H and O–H groups in total. The van der Waals surface area contributed by atoms with Crippen molar-refractivity contribution in [2.75, 3.05) is 6.54 Å². The molecule has 0 bridgehead atoms. The molecule has 1 aliphatic rings. The predicted molar refractivity (Wildman–Crippen MR) is 67.7 cm³/mol. The molecule has 17 heavy (non-hydrogen) atoms. The average Bonchev–Trinajstić information content (AvgIpc) is 2.70. The maximum atomic E-state index is 12.0. The van der Waals surface area contributed by atoms with Crippen LogP contribution in [0.1, 0.15) is 48.6 Å². The first-order valence-electron chi connectivity index (χ1n) is 6.21. The van der Waals surface area contributed by atoms with Gasteiger partial charge in [-0.3, -0.25) is 4.79 Å². The fourth-order valence-corrected chi connectivity index (χ4v) is 2.05. The minimum atomic E-state index is 0.0129. The fraction of sp³-hybridized carbons (Fsp3) is 0.500. The molecular weight excluding hydrogens is 212 g/mol. The summed E-state index contributed by atoms with van der Waals surface area (Å²) in [5, 5.41) is 2.91. The molecule has 0 saturated heterocycles. The van der Waals surface area contributed by atoms with Gasteiger partial charge in [-0.2, -0.15) is 0 Å². The number of carbonyl (C=O) groups is 1. The van der Waals surface area contributed by atoms with Crippen LogP contribution in [0.2, 0.25) is 0 Å². The number of aromatic nitrogens is 1. The summed E-state index contributed by atoms with van der Waals surface area (Å²) < 4.78 is 2.10. The van der Waals surface area contributed by atoms with Crippen molar-refractivity contribution in [3.63, 3.8) is 0 Å². The van der Waals surface area contributed by atoms with Gasteiger partial charge in [0.15, 0.2) is 0 Å². The Labute approximate surface area is 102 Å². The van der Waals surface area contributed by atoms with Crippen molar-refractivity contribution < 1.29 is 4.79 Å². The molecule has 3 heteroatoms. The van der Waals surface area contributed by atoms with Gasteiger partial charge in [0.25, 0.3) is 5.91 Å². The quantitative estimate of drug-likeness (QED) is 0.611. The molecule has 3 nitrogen and oxygen atoms in total. The van der Waals surface area contributed by atoms with Crippen LogP contribution in [-0.4, -0.2) is 17.0 Å². The summed E-state index contributed by atoms with van der Waals surface area (Å²) in [7, 11) is 0. The van der Waals surface area contributed by atoms with Gasteiger partial charge in [-0.15, -0.1) is 12.3 Å². The second-order valence-corrected chi connectivity index (χ2v) is 4.45. The van der Waals surface area contributed by atoms with E-state index in [-0.39, 0.29) is 5.91 Å². The van der Waals surface area contributed by atoms with Crippen LogP contribution in [0.5, 0.6) is 0 Å². The van der Waals surface area contributed by atoms with Gasteiger partial charge in [-0.1, -0.05) is 0 Å². The number of terminal acetylenes is 1. The fourth-order valence-electron chi connectivity index (χ4n) is 2.05. The van der Waals surface area contributed by atoms with Crippen LogP contribution in [0.25, 0.3) is 0 Å². The lowest BCUT2D eigenvalue weighted by Crippen LogP contribution is -2.29. The van der Waals surface area contributed by atoms with Crippen molar-refractivity contribution in [3.8, 4) is 12.3 Å². The Hall–Kier alpha value is -1.69. The highest BCUT2D eigenvalue weighted by atomic mass is 16.1. The van der Waals surface area contributed by atoms with Gasteiger partial charge in [-0.05, 0) is 37.8 Å². The van der Waals surface area contributed by atoms with E-state index in [4.69, 9.17) is 6.42 Å². The number of amides is 1. The Bertz CT molecular complexity index is 424. The molecule has 1 aromatic rings. The van der Waals surface area contributed by atoms with Gasteiger partial charge in [0.05, 0.1) is 0 Å². The lowest BCUT2D eigenvalue weighted by molar-refractivity contribution is 0.0938. The van der Waals surface area contributed by atoms with Crippen LogP contribution in [-0.2, 0) is 0 Å². The van der Waals surface area contributed by atoms with Crippen molar-refractivity contribution in [1.29, 1.82) is 0 Å². The second kappa shape index (κ2) is 5.58. The number of unbranched alkanes of at least 4 members (excludes halogenated alkanes) is 1. The minimum Gasteiger partial charge on any atom is -0.351 e.